The van der Waals surface area contributed by atoms with Crippen molar-refractivity contribution in [3.8, 4) is 11.8 Å². The molecule has 0 N–H and O–H groups in total. The molecule has 0 aliphatic rings. The lowest BCUT2D eigenvalue weighted by molar-refractivity contribution is 0.408. The van der Waals surface area contributed by atoms with E-state index in [1.165, 1.54) is 11.1 Å². The average Bonchev–Trinajstić information content (AvgIpc) is 2.46. The molecule has 0 amide bonds. The number of hydrogen-bond acceptors (Lipinski definition) is 2. The van der Waals surface area contributed by atoms with Gasteiger partial charge in [-0.1, -0.05) is 42.5 Å². The van der Waals surface area contributed by atoms with Crippen LogP contribution < -0.4 is 4.74 Å². The first kappa shape index (κ1) is 13.2. The van der Waals surface area contributed by atoms with E-state index in [2.05, 4.69) is 25.1 Å². The average molecular weight is 251 g/mol. The Kier molecular flexibility index (Phi) is 4.20. The minimum Gasteiger partial charge on any atom is -0.496 e. The normalized spacial score (nSPS) is 11.6. The Hall–Kier alpha value is -2.27. The highest BCUT2D eigenvalue weighted by atomic mass is 16.5. The van der Waals surface area contributed by atoms with Crippen LogP contribution in [0.15, 0.2) is 48.5 Å². The van der Waals surface area contributed by atoms with Crippen LogP contribution in [0.2, 0.25) is 0 Å². The molecule has 1 unspecified atom stereocenters. The summed E-state index contributed by atoms with van der Waals surface area (Å²) in [7, 11) is 1.64. The summed E-state index contributed by atoms with van der Waals surface area (Å²) in [4.78, 5) is 0. The molecule has 2 heteroatoms. The summed E-state index contributed by atoms with van der Waals surface area (Å²) < 4.78 is 5.34. The molecule has 0 saturated carbocycles. The zero-order valence-corrected chi connectivity index (χ0v) is 11.3. The van der Waals surface area contributed by atoms with Crippen LogP contribution in [0.3, 0.4) is 0 Å². The van der Waals surface area contributed by atoms with Crippen LogP contribution in [0.1, 0.15) is 22.6 Å². The highest BCUT2D eigenvalue weighted by Gasteiger charge is 2.16. The fourth-order valence-electron chi connectivity index (χ4n) is 2.24. The molecular weight excluding hydrogens is 234 g/mol. The van der Waals surface area contributed by atoms with Gasteiger partial charge < -0.3 is 4.74 Å². The molecule has 0 aliphatic heterocycles. The highest BCUT2D eigenvalue weighted by molar-refractivity contribution is 5.41. The molecular formula is C17H17NO. The molecule has 0 aliphatic carbocycles. The first-order chi connectivity index (χ1) is 9.26. The van der Waals surface area contributed by atoms with E-state index in [0.29, 0.717) is 6.42 Å². The van der Waals surface area contributed by atoms with Crippen LogP contribution in [0.4, 0.5) is 0 Å². The van der Waals surface area contributed by atoms with Crippen LogP contribution in [-0.2, 0) is 6.42 Å². The van der Waals surface area contributed by atoms with Crippen LogP contribution in [0, 0.1) is 18.3 Å². The molecule has 0 heterocycles. The lowest BCUT2D eigenvalue weighted by Gasteiger charge is -2.14. The number of nitrogens with zero attached hydrogens (tertiary/aromatic N) is 1. The Morgan fingerprint density at radius 1 is 1.11 bits per heavy atom. The number of ether oxygens (including phenoxy) is 1. The van der Waals surface area contributed by atoms with Crippen molar-refractivity contribution in [2.24, 2.45) is 0 Å². The van der Waals surface area contributed by atoms with Crippen LogP contribution in [-0.4, -0.2) is 7.11 Å². The van der Waals surface area contributed by atoms with E-state index >= 15 is 0 Å². The Balaban J connectivity index is 2.31. The van der Waals surface area contributed by atoms with E-state index in [9.17, 15) is 5.26 Å². The van der Waals surface area contributed by atoms with Crippen molar-refractivity contribution in [1.29, 1.82) is 5.26 Å². The van der Waals surface area contributed by atoms with Gasteiger partial charge in [-0.3, -0.25) is 0 Å². The van der Waals surface area contributed by atoms with Crippen molar-refractivity contribution in [2.45, 2.75) is 19.3 Å². The summed E-state index contributed by atoms with van der Waals surface area (Å²) in [6.07, 6.45) is 0.712. The predicted molar refractivity (Wildman–Crippen MR) is 76.2 cm³/mol. The van der Waals surface area contributed by atoms with E-state index in [-0.39, 0.29) is 5.92 Å². The zero-order chi connectivity index (χ0) is 13.7. The molecule has 0 spiro atoms. The third kappa shape index (κ3) is 2.95. The van der Waals surface area contributed by atoms with Gasteiger partial charge in [-0.2, -0.15) is 5.26 Å². The van der Waals surface area contributed by atoms with Gasteiger partial charge in [0, 0.05) is 5.56 Å². The monoisotopic (exact) mass is 251 g/mol. The summed E-state index contributed by atoms with van der Waals surface area (Å²) in [5.74, 6) is 0.597. The summed E-state index contributed by atoms with van der Waals surface area (Å²) in [6.45, 7) is 2.08. The number of nitriles is 1. The number of benzene rings is 2. The van der Waals surface area contributed by atoms with Gasteiger partial charge in [0.1, 0.15) is 5.75 Å². The minimum absolute atomic E-state index is 0.183. The maximum atomic E-state index is 9.45. The Morgan fingerprint density at radius 3 is 2.47 bits per heavy atom. The predicted octanol–water partition coefficient (Wildman–Crippen LogP) is 3.85. The van der Waals surface area contributed by atoms with E-state index in [1.54, 1.807) is 7.11 Å². The maximum absolute atomic E-state index is 9.45. The molecule has 96 valence electrons. The van der Waals surface area contributed by atoms with Crippen molar-refractivity contribution in [3.05, 3.63) is 65.2 Å². The largest absolute Gasteiger partial charge is 0.496 e. The van der Waals surface area contributed by atoms with Gasteiger partial charge in [-0.05, 0) is 30.5 Å². The van der Waals surface area contributed by atoms with Crippen LogP contribution in [0.25, 0.3) is 0 Å². The molecule has 0 saturated heterocycles. The smallest absolute Gasteiger partial charge is 0.123 e. The van der Waals surface area contributed by atoms with E-state index in [0.717, 1.165) is 11.3 Å². The van der Waals surface area contributed by atoms with Crippen LogP contribution in [0.5, 0.6) is 5.75 Å². The number of methoxy groups -OCH3 is 1. The van der Waals surface area contributed by atoms with Gasteiger partial charge in [0.25, 0.3) is 0 Å². The molecule has 0 bridgehead atoms. The molecule has 2 aromatic carbocycles. The maximum Gasteiger partial charge on any atom is 0.123 e. The van der Waals surface area contributed by atoms with Crippen molar-refractivity contribution in [2.75, 3.05) is 7.11 Å². The second-order valence-corrected chi connectivity index (χ2v) is 4.55. The van der Waals surface area contributed by atoms with Crippen molar-refractivity contribution in [1.82, 2.24) is 0 Å². The second-order valence-electron chi connectivity index (χ2n) is 4.55. The second kappa shape index (κ2) is 6.06. The number of hydrogen-bond donors (Lipinski definition) is 0. The first-order valence-electron chi connectivity index (χ1n) is 6.33. The van der Waals surface area contributed by atoms with Gasteiger partial charge in [-0.15, -0.1) is 0 Å². The zero-order valence-electron chi connectivity index (χ0n) is 11.3. The third-order valence-corrected chi connectivity index (χ3v) is 3.36. The Morgan fingerprint density at radius 2 is 1.79 bits per heavy atom. The Labute approximate surface area is 114 Å². The van der Waals surface area contributed by atoms with Gasteiger partial charge in [-0.25, -0.2) is 0 Å². The highest BCUT2D eigenvalue weighted by Crippen LogP contribution is 2.29. The molecule has 0 fully saturated rings. The fourth-order valence-corrected chi connectivity index (χ4v) is 2.24. The number of rotatable bonds is 4. The molecule has 2 rings (SSSR count). The van der Waals surface area contributed by atoms with Gasteiger partial charge in [0.15, 0.2) is 0 Å². The lowest BCUT2D eigenvalue weighted by atomic mass is 9.91. The summed E-state index contributed by atoms with van der Waals surface area (Å²) in [5.41, 5.74) is 3.38. The summed E-state index contributed by atoms with van der Waals surface area (Å²) in [6, 6.07) is 18.3. The lowest BCUT2D eigenvalue weighted by Crippen LogP contribution is -2.04. The molecule has 0 radical (unpaired) electrons. The fraction of sp³-hybridized carbons (Fsp3) is 0.235. The Bertz CT molecular complexity index is 598. The van der Waals surface area contributed by atoms with E-state index in [4.69, 9.17) is 4.74 Å². The first-order valence-corrected chi connectivity index (χ1v) is 6.33. The molecule has 19 heavy (non-hydrogen) atoms. The molecule has 0 aromatic heterocycles. The summed E-state index contributed by atoms with van der Waals surface area (Å²) >= 11 is 0. The molecule has 2 nitrogen and oxygen atoms in total. The van der Waals surface area contributed by atoms with Gasteiger partial charge in [0.05, 0.1) is 19.1 Å². The quantitative estimate of drug-likeness (QED) is 0.826. The number of aryl methyl sites for hydroxylation is 1. The standard InChI is InChI=1S/C17H17NO/c1-13-7-3-4-8-14(13)11-15(12-18)16-9-5-6-10-17(16)19-2/h3-10,15H,11H2,1-2H3. The molecule has 1 atom stereocenters. The van der Waals surface area contributed by atoms with Crippen molar-refractivity contribution in [3.63, 3.8) is 0 Å². The van der Waals surface area contributed by atoms with Crippen molar-refractivity contribution < 1.29 is 4.74 Å². The third-order valence-electron chi connectivity index (χ3n) is 3.36. The van der Waals surface area contributed by atoms with E-state index < -0.39 is 0 Å². The van der Waals surface area contributed by atoms with Crippen LogP contribution >= 0.6 is 0 Å². The van der Waals surface area contributed by atoms with Gasteiger partial charge in [0.2, 0.25) is 0 Å². The van der Waals surface area contributed by atoms with Gasteiger partial charge >= 0.3 is 0 Å². The number of para-hydroxylation sites is 1. The molecule has 2 aromatic rings. The SMILES string of the molecule is COc1ccccc1C(C#N)Cc1ccccc1C. The van der Waals surface area contributed by atoms with E-state index in [1.807, 2.05) is 36.4 Å². The summed E-state index contributed by atoms with van der Waals surface area (Å²) in [5, 5.41) is 9.45. The topological polar surface area (TPSA) is 33.0 Å². The van der Waals surface area contributed by atoms with Crippen molar-refractivity contribution >= 4 is 0 Å². The minimum atomic E-state index is -0.183.